The van der Waals surface area contributed by atoms with E-state index in [9.17, 15) is 18.0 Å². The molecule has 0 spiro atoms. The zero-order valence-electron chi connectivity index (χ0n) is 9.50. The quantitative estimate of drug-likeness (QED) is 0.826. The SMILES string of the molecule is O=C(/C=C/c1ccccc1C(F)(F)F)NC1CC1. The van der Waals surface area contributed by atoms with Crippen molar-refractivity contribution >= 4 is 12.0 Å². The fourth-order valence-corrected chi connectivity index (χ4v) is 1.54. The van der Waals surface area contributed by atoms with E-state index >= 15 is 0 Å². The number of rotatable bonds is 3. The molecular formula is C13H12F3NO. The van der Waals surface area contributed by atoms with Gasteiger partial charge in [0.25, 0.3) is 0 Å². The fourth-order valence-electron chi connectivity index (χ4n) is 1.54. The molecule has 0 aliphatic heterocycles. The van der Waals surface area contributed by atoms with Crippen LogP contribution in [0.25, 0.3) is 6.08 Å². The molecule has 0 heterocycles. The molecule has 0 saturated heterocycles. The minimum Gasteiger partial charge on any atom is -0.350 e. The lowest BCUT2D eigenvalue weighted by Gasteiger charge is -2.09. The lowest BCUT2D eigenvalue weighted by molar-refractivity contribution is -0.137. The maximum absolute atomic E-state index is 12.7. The van der Waals surface area contributed by atoms with E-state index in [-0.39, 0.29) is 17.5 Å². The van der Waals surface area contributed by atoms with Crippen molar-refractivity contribution in [2.75, 3.05) is 0 Å². The van der Waals surface area contributed by atoms with Crippen molar-refractivity contribution in [3.05, 3.63) is 41.5 Å². The van der Waals surface area contributed by atoms with Crippen LogP contribution in [0, 0.1) is 0 Å². The Bertz CT molecular complexity index is 475. The van der Waals surface area contributed by atoms with Crippen molar-refractivity contribution in [2.24, 2.45) is 0 Å². The molecule has 0 atom stereocenters. The summed E-state index contributed by atoms with van der Waals surface area (Å²) in [7, 11) is 0. The molecule has 0 radical (unpaired) electrons. The van der Waals surface area contributed by atoms with Gasteiger partial charge in [0.15, 0.2) is 0 Å². The van der Waals surface area contributed by atoms with Crippen molar-refractivity contribution in [1.82, 2.24) is 5.32 Å². The minimum atomic E-state index is -4.41. The average Bonchev–Trinajstić information content (AvgIpc) is 3.09. The van der Waals surface area contributed by atoms with Gasteiger partial charge in [-0.15, -0.1) is 0 Å². The summed E-state index contributed by atoms with van der Waals surface area (Å²) in [4.78, 5) is 11.3. The molecule has 18 heavy (non-hydrogen) atoms. The second kappa shape index (κ2) is 4.84. The predicted molar refractivity (Wildman–Crippen MR) is 61.6 cm³/mol. The van der Waals surface area contributed by atoms with Gasteiger partial charge in [0.1, 0.15) is 0 Å². The van der Waals surface area contributed by atoms with Crippen LogP contribution in [0.15, 0.2) is 30.3 Å². The number of carbonyl (C=O) groups is 1. The Morgan fingerprint density at radius 3 is 2.56 bits per heavy atom. The van der Waals surface area contributed by atoms with Gasteiger partial charge < -0.3 is 5.32 Å². The van der Waals surface area contributed by atoms with Gasteiger partial charge in [-0.1, -0.05) is 18.2 Å². The summed E-state index contributed by atoms with van der Waals surface area (Å²) in [5, 5.41) is 2.68. The molecule has 1 aliphatic carbocycles. The summed E-state index contributed by atoms with van der Waals surface area (Å²) in [6.45, 7) is 0. The molecule has 1 fully saturated rings. The summed E-state index contributed by atoms with van der Waals surface area (Å²) in [5.74, 6) is -0.352. The first-order valence-corrected chi connectivity index (χ1v) is 5.61. The van der Waals surface area contributed by atoms with Crippen LogP contribution < -0.4 is 5.32 Å². The van der Waals surface area contributed by atoms with Crippen LogP contribution in [0.5, 0.6) is 0 Å². The maximum Gasteiger partial charge on any atom is 0.416 e. The molecule has 0 bridgehead atoms. The van der Waals surface area contributed by atoms with E-state index in [2.05, 4.69) is 5.32 Å². The van der Waals surface area contributed by atoms with Crippen LogP contribution in [-0.2, 0) is 11.0 Å². The Morgan fingerprint density at radius 1 is 1.28 bits per heavy atom. The Kier molecular flexibility index (Phi) is 3.41. The number of hydrogen-bond donors (Lipinski definition) is 1. The predicted octanol–water partition coefficient (Wildman–Crippen LogP) is 3.00. The first-order valence-electron chi connectivity index (χ1n) is 5.61. The van der Waals surface area contributed by atoms with E-state index in [1.165, 1.54) is 24.3 Å². The highest BCUT2D eigenvalue weighted by molar-refractivity contribution is 5.92. The zero-order valence-corrected chi connectivity index (χ0v) is 9.50. The molecule has 1 aliphatic rings. The molecule has 1 N–H and O–H groups in total. The fraction of sp³-hybridized carbons (Fsp3) is 0.308. The van der Waals surface area contributed by atoms with Crippen LogP contribution in [0.1, 0.15) is 24.0 Å². The van der Waals surface area contributed by atoms with E-state index in [1.807, 2.05) is 0 Å². The van der Waals surface area contributed by atoms with Gasteiger partial charge in [-0.25, -0.2) is 0 Å². The number of amides is 1. The number of benzene rings is 1. The molecule has 5 heteroatoms. The topological polar surface area (TPSA) is 29.1 Å². The minimum absolute atomic E-state index is 0.00375. The van der Waals surface area contributed by atoms with E-state index in [0.717, 1.165) is 25.0 Å². The van der Waals surface area contributed by atoms with Crippen molar-refractivity contribution < 1.29 is 18.0 Å². The van der Waals surface area contributed by atoms with Gasteiger partial charge in [0.05, 0.1) is 5.56 Å². The summed E-state index contributed by atoms with van der Waals surface area (Å²) >= 11 is 0. The Labute approximate surface area is 102 Å². The van der Waals surface area contributed by atoms with E-state index in [0.29, 0.717) is 0 Å². The molecule has 2 nitrogen and oxygen atoms in total. The molecule has 0 aromatic heterocycles. The van der Waals surface area contributed by atoms with Gasteiger partial charge in [-0.2, -0.15) is 13.2 Å². The van der Waals surface area contributed by atoms with Crippen LogP contribution in [0.2, 0.25) is 0 Å². The number of alkyl halides is 3. The van der Waals surface area contributed by atoms with Crippen LogP contribution >= 0.6 is 0 Å². The summed E-state index contributed by atoms with van der Waals surface area (Å²) < 4.78 is 38.0. The number of hydrogen-bond acceptors (Lipinski definition) is 1. The molecule has 1 amide bonds. The monoisotopic (exact) mass is 255 g/mol. The zero-order chi connectivity index (χ0) is 13.2. The molecule has 1 aromatic carbocycles. The largest absolute Gasteiger partial charge is 0.416 e. The Morgan fingerprint density at radius 2 is 1.94 bits per heavy atom. The first-order chi connectivity index (χ1) is 8.47. The van der Waals surface area contributed by atoms with Crippen molar-refractivity contribution in [3.63, 3.8) is 0 Å². The normalized spacial score (nSPS) is 15.9. The van der Waals surface area contributed by atoms with Gasteiger partial charge in [0, 0.05) is 12.1 Å². The Balaban J connectivity index is 2.12. The first kappa shape index (κ1) is 12.7. The van der Waals surface area contributed by atoms with E-state index in [4.69, 9.17) is 0 Å². The molecule has 0 unspecified atom stereocenters. The standard InChI is InChI=1S/C13H12F3NO/c14-13(15,16)11-4-2-1-3-9(11)5-8-12(18)17-10-6-7-10/h1-5,8,10H,6-7H2,(H,17,18)/b8-5+. The highest BCUT2D eigenvalue weighted by atomic mass is 19.4. The summed E-state index contributed by atoms with van der Waals surface area (Å²) in [6.07, 6.45) is -0.186. The highest BCUT2D eigenvalue weighted by Crippen LogP contribution is 2.32. The van der Waals surface area contributed by atoms with E-state index < -0.39 is 11.7 Å². The van der Waals surface area contributed by atoms with Gasteiger partial charge in [-0.3, -0.25) is 4.79 Å². The lowest BCUT2D eigenvalue weighted by Crippen LogP contribution is -2.22. The third-order valence-electron chi connectivity index (χ3n) is 2.60. The maximum atomic E-state index is 12.7. The molecule has 96 valence electrons. The van der Waals surface area contributed by atoms with Crippen LogP contribution in [-0.4, -0.2) is 11.9 Å². The van der Waals surface area contributed by atoms with Crippen LogP contribution in [0.3, 0.4) is 0 Å². The molecule has 2 rings (SSSR count). The van der Waals surface area contributed by atoms with Gasteiger partial charge >= 0.3 is 6.18 Å². The van der Waals surface area contributed by atoms with Crippen LogP contribution in [0.4, 0.5) is 13.2 Å². The number of carbonyl (C=O) groups excluding carboxylic acids is 1. The van der Waals surface area contributed by atoms with E-state index in [1.54, 1.807) is 0 Å². The van der Waals surface area contributed by atoms with Crippen molar-refractivity contribution in [1.29, 1.82) is 0 Å². The molecule has 1 saturated carbocycles. The highest BCUT2D eigenvalue weighted by Gasteiger charge is 2.32. The molecule has 1 aromatic rings. The lowest BCUT2D eigenvalue weighted by atomic mass is 10.1. The Hall–Kier alpha value is -1.78. The second-order valence-electron chi connectivity index (χ2n) is 4.20. The smallest absolute Gasteiger partial charge is 0.350 e. The summed E-state index contributed by atoms with van der Waals surface area (Å²) in [6, 6.07) is 5.36. The van der Waals surface area contributed by atoms with Crippen molar-refractivity contribution in [2.45, 2.75) is 25.1 Å². The average molecular weight is 255 g/mol. The number of halogens is 3. The van der Waals surface area contributed by atoms with Gasteiger partial charge in [0.2, 0.25) is 5.91 Å². The third kappa shape index (κ3) is 3.35. The van der Waals surface area contributed by atoms with Crippen molar-refractivity contribution in [3.8, 4) is 0 Å². The summed E-state index contributed by atoms with van der Waals surface area (Å²) in [5.41, 5.74) is -0.739. The number of nitrogens with one attached hydrogen (secondary N) is 1. The third-order valence-corrected chi connectivity index (χ3v) is 2.60. The second-order valence-corrected chi connectivity index (χ2v) is 4.20. The molecular weight excluding hydrogens is 243 g/mol. The van der Waals surface area contributed by atoms with Gasteiger partial charge in [-0.05, 0) is 30.5 Å².